The fraction of sp³-hybridized carbons (Fsp3) is 0.722. The van der Waals surface area contributed by atoms with E-state index in [-0.39, 0.29) is 22.9 Å². The first-order valence-corrected chi connectivity index (χ1v) is 10.4. The monoisotopic (exact) mass is 384 g/mol. The topological polar surface area (TPSA) is 100 Å². The normalized spacial score (nSPS) is 26.5. The lowest BCUT2D eigenvalue weighted by molar-refractivity contribution is -0.671. The highest BCUT2D eigenvalue weighted by Gasteiger charge is 2.64. The van der Waals surface area contributed by atoms with Crippen molar-refractivity contribution in [2.75, 3.05) is 5.75 Å². The Balaban J connectivity index is 0.000000197. The van der Waals surface area contributed by atoms with E-state index in [4.69, 9.17) is 0 Å². The average Bonchev–Trinajstić information content (AvgIpc) is 3.06. The predicted molar refractivity (Wildman–Crippen MR) is 94.0 cm³/mol. The molecule has 0 aromatic carbocycles. The largest absolute Gasteiger partial charge is 0.748 e. The van der Waals surface area contributed by atoms with E-state index in [0.717, 1.165) is 13.0 Å². The first kappa shape index (κ1) is 20.8. The smallest absolute Gasteiger partial charge is 0.243 e. The number of ketones is 2. The van der Waals surface area contributed by atoms with Crippen molar-refractivity contribution in [1.82, 2.24) is 4.57 Å². The zero-order chi connectivity index (χ0) is 19.8. The zero-order valence-electron chi connectivity index (χ0n) is 15.9. The number of aromatic nitrogens is 2. The van der Waals surface area contributed by atoms with Gasteiger partial charge < -0.3 is 4.55 Å². The van der Waals surface area contributed by atoms with Crippen LogP contribution in [0.2, 0.25) is 0 Å². The highest BCUT2D eigenvalue weighted by molar-refractivity contribution is 7.85. The van der Waals surface area contributed by atoms with Gasteiger partial charge >= 0.3 is 0 Å². The van der Waals surface area contributed by atoms with E-state index in [1.165, 1.54) is 0 Å². The van der Waals surface area contributed by atoms with Crippen LogP contribution < -0.4 is 4.57 Å². The molecule has 2 atom stereocenters. The Bertz CT molecular complexity index is 796. The summed E-state index contributed by atoms with van der Waals surface area (Å²) in [4.78, 5) is 22.5. The molecular weight excluding hydrogens is 356 g/mol. The fourth-order valence-corrected chi connectivity index (χ4v) is 5.61. The van der Waals surface area contributed by atoms with E-state index in [1.807, 2.05) is 48.8 Å². The number of Topliss-reactive ketones (excluding diaryl/α,β-unsaturated/α-hetero) is 2. The summed E-state index contributed by atoms with van der Waals surface area (Å²) < 4.78 is 36.6. The van der Waals surface area contributed by atoms with Gasteiger partial charge in [-0.3, -0.25) is 9.59 Å². The number of carbonyl (C=O) groups is 2. The number of hydrogen-bond donors (Lipinski definition) is 0. The van der Waals surface area contributed by atoms with E-state index in [9.17, 15) is 22.6 Å². The Kier molecular flexibility index (Phi) is 5.77. The summed E-state index contributed by atoms with van der Waals surface area (Å²) in [5.74, 6) is -0.0428. The number of nitrogens with zero attached hydrogens (tertiary/aromatic N) is 2. The third-order valence-electron chi connectivity index (χ3n) is 6.11. The van der Waals surface area contributed by atoms with Gasteiger partial charge in [0.05, 0.1) is 29.5 Å². The summed E-state index contributed by atoms with van der Waals surface area (Å²) in [6, 6.07) is 0. The molecule has 1 aromatic rings. The highest BCUT2D eigenvalue weighted by atomic mass is 32.2. The molecule has 2 aliphatic carbocycles. The van der Waals surface area contributed by atoms with E-state index in [1.54, 1.807) is 6.92 Å². The van der Waals surface area contributed by atoms with Crippen LogP contribution in [0, 0.1) is 16.7 Å². The Labute approximate surface area is 155 Å². The van der Waals surface area contributed by atoms with Gasteiger partial charge in [-0.15, -0.1) is 0 Å². The molecule has 2 aliphatic rings. The molecule has 0 N–H and O–H groups in total. The number of rotatable bonds is 5. The van der Waals surface area contributed by atoms with Gasteiger partial charge in [-0.1, -0.05) is 13.8 Å². The Hall–Kier alpha value is -1.54. The molecule has 8 heteroatoms. The standard InChI is InChI=1S/C10H16O4S.C8H13N2O/c1-9(2)7-3-4-10(9,8(11)5-7)6-15(12,13)14;1-8(11)3-4-10-6-5-9(2)7-10/h7H,3-6H2,1-2H3,(H,12,13,14);5-7H,3-4H2,1-2H3/q;+1/p-1/t7-,10-;/m0./s1. The third-order valence-corrected chi connectivity index (χ3v) is 6.95. The van der Waals surface area contributed by atoms with Crippen molar-refractivity contribution in [2.45, 2.75) is 53.0 Å². The van der Waals surface area contributed by atoms with Crippen molar-refractivity contribution in [1.29, 1.82) is 0 Å². The molecule has 3 rings (SSSR count). The van der Waals surface area contributed by atoms with Crippen LogP contribution in [0.1, 0.15) is 46.5 Å². The van der Waals surface area contributed by atoms with Crippen molar-refractivity contribution in [3.8, 4) is 0 Å². The lowest BCUT2D eigenvalue weighted by Gasteiger charge is -2.37. The average molecular weight is 384 g/mol. The van der Waals surface area contributed by atoms with Crippen molar-refractivity contribution >= 4 is 21.7 Å². The number of aryl methyl sites for hydroxylation is 2. The van der Waals surface area contributed by atoms with Crippen LogP contribution in [0.4, 0.5) is 0 Å². The Morgan fingerprint density at radius 1 is 1.42 bits per heavy atom. The molecule has 2 saturated carbocycles. The minimum Gasteiger partial charge on any atom is -0.748 e. The summed E-state index contributed by atoms with van der Waals surface area (Å²) in [6.07, 6.45) is 8.38. The quantitative estimate of drug-likeness (QED) is 0.561. The predicted octanol–water partition coefficient (Wildman–Crippen LogP) is 1.22. The number of carbonyl (C=O) groups excluding carboxylic acids is 2. The first-order valence-electron chi connectivity index (χ1n) is 8.85. The molecule has 1 aromatic heterocycles. The SMILES string of the molecule is CC(=O)CCn1cc[n+](C)c1.CC1(C)[C@H]2CC[C@]1(CS(=O)(=O)[O-])C(=O)C2. The highest BCUT2D eigenvalue weighted by Crippen LogP contribution is 2.64. The lowest BCUT2D eigenvalue weighted by atomic mass is 9.70. The molecule has 2 fully saturated rings. The van der Waals surface area contributed by atoms with Gasteiger partial charge in [0.1, 0.15) is 24.0 Å². The van der Waals surface area contributed by atoms with Gasteiger partial charge in [-0.05, 0) is 31.1 Å². The van der Waals surface area contributed by atoms with Crippen LogP contribution in [0.3, 0.4) is 0 Å². The maximum absolute atomic E-state index is 11.8. The van der Waals surface area contributed by atoms with Gasteiger partial charge in [-0.25, -0.2) is 17.6 Å². The summed E-state index contributed by atoms with van der Waals surface area (Å²) in [6.45, 7) is 6.24. The van der Waals surface area contributed by atoms with Crippen LogP contribution in [0.25, 0.3) is 0 Å². The summed E-state index contributed by atoms with van der Waals surface area (Å²) in [7, 11) is -2.36. The molecule has 7 nitrogen and oxygen atoms in total. The molecule has 0 saturated heterocycles. The van der Waals surface area contributed by atoms with E-state index < -0.39 is 21.3 Å². The maximum atomic E-state index is 11.8. The number of fused-ring (bicyclic) bond motifs is 2. The molecule has 0 radical (unpaired) electrons. The van der Waals surface area contributed by atoms with Crippen LogP contribution in [0.5, 0.6) is 0 Å². The molecular formula is C18H28N2O5S. The number of imidazole rings is 1. The molecule has 146 valence electrons. The summed E-state index contributed by atoms with van der Waals surface area (Å²) in [5, 5.41) is 0. The third kappa shape index (κ3) is 4.23. The summed E-state index contributed by atoms with van der Waals surface area (Å²) in [5.41, 5.74) is -1.22. The molecule has 2 bridgehead atoms. The van der Waals surface area contributed by atoms with Gasteiger partial charge in [0.2, 0.25) is 6.33 Å². The van der Waals surface area contributed by atoms with Crippen molar-refractivity contribution in [2.24, 2.45) is 23.8 Å². The molecule has 0 spiro atoms. The van der Waals surface area contributed by atoms with E-state index >= 15 is 0 Å². The summed E-state index contributed by atoms with van der Waals surface area (Å²) >= 11 is 0. The minimum absolute atomic E-state index is 0.0248. The molecule has 0 amide bonds. The first-order chi connectivity index (χ1) is 11.9. The van der Waals surface area contributed by atoms with Crippen LogP contribution in [0.15, 0.2) is 18.7 Å². The molecule has 0 unspecified atom stereocenters. The molecule has 1 heterocycles. The van der Waals surface area contributed by atoms with Gasteiger partial charge in [0, 0.05) is 18.3 Å². The van der Waals surface area contributed by atoms with E-state index in [2.05, 4.69) is 0 Å². The molecule has 0 aliphatic heterocycles. The zero-order valence-corrected chi connectivity index (χ0v) is 16.7. The second kappa shape index (κ2) is 7.23. The second-order valence-corrected chi connectivity index (χ2v) is 9.54. The van der Waals surface area contributed by atoms with E-state index in [0.29, 0.717) is 19.3 Å². The lowest BCUT2D eigenvalue weighted by Crippen LogP contribution is -2.42. The van der Waals surface area contributed by atoms with Crippen LogP contribution in [-0.4, -0.2) is 34.9 Å². The second-order valence-electron chi connectivity index (χ2n) is 8.14. The van der Waals surface area contributed by atoms with Gasteiger partial charge in [0.15, 0.2) is 0 Å². The maximum Gasteiger partial charge on any atom is 0.243 e. The van der Waals surface area contributed by atoms with Gasteiger partial charge in [0.25, 0.3) is 0 Å². The fourth-order valence-electron chi connectivity index (χ4n) is 4.33. The van der Waals surface area contributed by atoms with Crippen molar-refractivity contribution in [3.63, 3.8) is 0 Å². The van der Waals surface area contributed by atoms with Crippen LogP contribution in [-0.2, 0) is 33.3 Å². The number of hydrogen-bond acceptors (Lipinski definition) is 5. The molecule has 26 heavy (non-hydrogen) atoms. The Morgan fingerprint density at radius 2 is 2.08 bits per heavy atom. The Morgan fingerprint density at radius 3 is 2.46 bits per heavy atom. The van der Waals surface area contributed by atoms with Crippen molar-refractivity contribution < 1.29 is 27.1 Å². The minimum atomic E-state index is -4.33. The van der Waals surface area contributed by atoms with Crippen LogP contribution >= 0.6 is 0 Å². The van der Waals surface area contributed by atoms with Crippen molar-refractivity contribution in [3.05, 3.63) is 18.7 Å². The van der Waals surface area contributed by atoms with Gasteiger partial charge in [-0.2, -0.15) is 0 Å².